The lowest BCUT2D eigenvalue weighted by atomic mass is 9.95. The van der Waals surface area contributed by atoms with Crippen molar-refractivity contribution in [3.63, 3.8) is 0 Å². The summed E-state index contributed by atoms with van der Waals surface area (Å²) in [6.07, 6.45) is 16.3. The molecule has 0 aliphatic heterocycles. The summed E-state index contributed by atoms with van der Waals surface area (Å²) in [7, 11) is 0. The minimum absolute atomic E-state index is 0. The predicted molar refractivity (Wildman–Crippen MR) is 77.1 cm³/mol. The molecule has 19 heavy (non-hydrogen) atoms. The maximum atomic E-state index is 3.81. The molecule has 3 rings (SSSR count). The Hall–Kier alpha value is -0.280. The second-order valence-corrected chi connectivity index (χ2v) is 6.78. The van der Waals surface area contributed by atoms with Crippen molar-refractivity contribution in [2.24, 2.45) is 0 Å². The average Bonchev–Trinajstić information content (AvgIpc) is 2.89. The Bertz CT molecular complexity index is 368. The largest absolute Gasteiger partial charge is 1.00 e. The second kappa shape index (κ2) is 7.49. The highest BCUT2D eigenvalue weighted by Gasteiger charge is 2.26. The Morgan fingerprint density at radius 3 is 2.26 bits per heavy atom. The van der Waals surface area contributed by atoms with E-state index < -0.39 is 0 Å². The van der Waals surface area contributed by atoms with Crippen molar-refractivity contribution in [2.75, 3.05) is 5.32 Å². The molecular formula is C15H25ClN2S. The lowest BCUT2D eigenvalue weighted by Gasteiger charge is -2.22. The highest BCUT2D eigenvalue weighted by Crippen LogP contribution is 2.28. The van der Waals surface area contributed by atoms with Crippen LogP contribution < -0.4 is 22.3 Å². The summed E-state index contributed by atoms with van der Waals surface area (Å²) < 4.78 is 2.53. The number of nitrogens with one attached hydrogen (secondary N) is 1. The topological polar surface area (TPSA) is 15.9 Å². The molecule has 0 aromatic carbocycles. The van der Waals surface area contributed by atoms with Crippen molar-refractivity contribution in [2.45, 2.75) is 76.3 Å². The van der Waals surface area contributed by atoms with Crippen LogP contribution in [0.15, 0.2) is 11.6 Å². The lowest BCUT2D eigenvalue weighted by Crippen LogP contribution is -3.00. The van der Waals surface area contributed by atoms with Crippen LogP contribution in [0.25, 0.3) is 0 Å². The van der Waals surface area contributed by atoms with Crippen LogP contribution in [0, 0.1) is 0 Å². The van der Waals surface area contributed by atoms with Gasteiger partial charge in [-0.2, -0.15) is 0 Å². The van der Waals surface area contributed by atoms with E-state index in [9.17, 15) is 0 Å². The molecule has 0 saturated heterocycles. The minimum Gasteiger partial charge on any atom is -1.00 e. The summed E-state index contributed by atoms with van der Waals surface area (Å²) in [4.78, 5) is 0. The number of halogens is 1. The van der Waals surface area contributed by atoms with E-state index in [4.69, 9.17) is 0 Å². The van der Waals surface area contributed by atoms with Crippen LogP contribution in [0.4, 0.5) is 5.13 Å². The first-order chi connectivity index (χ1) is 8.93. The van der Waals surface area contributed by atoms with Gasteiger partial charge in [-0.25, -0.2) is 4.57 Å². The smallest absolute Gasteiger partial charge is 0.334 e. The van der Waals surface area contributed by atoms with Gasteiger partial charge in [0.05, 0.1) is 6.04 Å². The van der Waals surface area contributed by atoms with Crippen LogP contribution in [0.3, 0.4) is 0 Å². The highest BCUT2D eigenvalue weighted by atomic mass is 35.5. The Morgan fingerprint density at radius 1 is 0.947 bits per heavy atom. The van der Waals surface area contributed by atoms with Gasteiger partial charge in [0.1, 0.15) is 12.2 Å². The molecular weight excluding hydrogens is 276 g/mol. The first-order valence-corrected chi connectivity index (χ1v) is 8.56. The SMILES string of the molecule is [Cl-].c1c[n+](C2CCCCC2)c(NC2CCCCC2)s1. The Balaban J connectivity index is 0.00000133. The van der Waals surface area contributed by atoms with Crippen LogP contribution in [0.1, 0.15) is 70.3 Å². The van der Waals surface area contributed by atoms with E-state index in [0.29, 0.717) is 0 Å². The van der Waals surface area contributed by atoms with Gasteiger partial charge in [0.15, 0.2) is 0 Å². The van der Waals surface area contributed by atoms with Crippen molar-refractivity contribution >= 4 is 16.5 Å². The molecule has 2 aliphatic rings. The standard InChI is InChI=1S/C15H24N2S.ClH/c1-3-7-13(8-4-1)16-15-17(11-12-18-15)14-9-5-2-6-10-14;/h11-14H,1-10H2;1H. The van der Waals surface area contributed by atoms with Crippen molar-refractivity contribution in [3.8, 4) is 0 Å². The molecule has 0 radical (unpaired) electrons. The molecule has 0 amide bonds. The number of hydrogen-bond acceptors (Lipinski definition) is 2. The van der Waals surface area contributed by atoms with Crippen molar-refractivity contribution in [1.29, 1.82) is 0 Å². The number of nitrogens with zero attached hydrogens (tertiary/aromatic N) is 1. The lowest BCUT2D eigenvalue weighted by molar-refractivity contribution is -0.708. The van der Waals surface area contributed by atoms with E-state index in [1.165, 1.54) is 69.3 Å². The maximum absolute atomic E-state index is 3.81. The normalized spacial score (nSPS) is 21.9. The van der Waals surface area contributed by atoms with Crippen molar-refractivity contribution in [3.05, 3.63) is 11.6 Å². The maximum Gasteiger partial charge on any atom is 0.334 e. The van der Waals surface area contributed by atoms with Crippen LogP contribution in [-0.2, 0) is 0 Å². The molecule has 0 unspecified atom stereocenters. The fraction of sp³-hybridized carbons (Fsp3) is 0.800. The quantitative estimate of drug-likeness (QED) is 0.832. The van der Waals surface area contributed by atoms with Crippen LogP contribution >= 0.6 is 11.3 Å². The van der Waals surface area contributed by atoms with Crippen LogP contribution in [0.2, 0.25) is 0 Å². The molecule has 2 saturated carbocycles. The number of rotatable bonds is 3. The van der Waals surface area contributed by atoms with E-state index in [2.05, 4.69) is 21.5 Å². The zero-order valence-corrected chi connectivity index (χ0v) is 13.2. The third-order valence-corrected chi connectivity index (χ3v) is 5.35. The van der Waals surface area contributed by atoms with Crippen molar-refractivity contribution in [1.82, 2.24) is 0 Å². The molecule has 0 spiro atoms. The fourth-order valence-corrected chi connectivity index (χ4v) is 4.35. The van der Waals surface area contributed by atoms with E-state index in [0.717, 1.165) is 12.1 Å². The summed E-state index contributed by atoms with van der Waals surface area (Å²) in [5.74, 6) is 0. The third kappa shape index (κ3) is 3.85. The zero-order chi connectivity index (χ0) is 12.2. The van der Waals surface area contributed by atoms with Gasteiger partial charge in [-0.1, -0.05) is 24.2 Å². The fourth-order valence-electron chi connectivity index (χ4n) is 3.47. The Kier molecular flexibility index (Phi) is 5.96. The van der Waals surface area contributed by atoms with Crippen LogP contribution in [0.5, 0.6) is 0 Å². The van der Waals surface area contributed by atoms with Crippen LogP contribution in [-0.4, -0.2) is 6.04 Å². The minimum atomic E-state index is 0. The van der Waals surface area contributed by atoms with Gasteiger partial charge in [0.25, 0.3) is 0 Å². The molecule has 0 bridgehead atoms. The Labute approximate surface area is 127 Å². The molecule has 2 fully saturated rings. The second-order valence-electron chi connectivity index (χ2n) is 5.89. The zero-order valence-electron chi connectivity index (χ0n) is 11.6. The molecule has 1 aromatic rings. The number of thiazole rings is 1. The molecule has 1 heterocycles. The number of anilines is 1. The third-order valence-electron chi connectivity index (χ3n) is 4.54. The molecule has 108 valence electrons. The van der Waals surface area contributed by atoms with Gasteiger partial charge in [-0.15, -0.1) is 0 Å². The van der Waals surface area contributed by atoms with Gasteiger partial charge in [0, 0.05) is 5.38 Å². The van der Waals surface area contributed by atoms with Gasteiger partial charge >= 0.3 is 5.13 Å². The molecule has 1 aromatic heterocycles. The van der Waals surface area contributed by atoms with E-state index in [-0.39, 0.29) is 12.4 Å². The van der Waals surface area contributed by atoms with Crippen molar-refractivity contribution < 1.29 is 17.0 Å². The molecule has 4 heteroatoms. The summed E-state index contributed by atoms with van der Waals surface area (Å²) in [6, 6.07) is 1.49. The van der Waals surface area contributed by atoms with Gasteiger partial charge < -0.3 is 12.4 Å². The average molecular weight is 301 g/mol. The number of hydrogen-bond donors (Lipinski definition) is 1. The summed E-state index contributed by atoms with van der Waals surface area (Å²) >= 11 is 1.89. The first-order valence-electron chi connectivity index (χ1n) is 7.68. The van der Waals surface area contributed by atoms with E-state index in [1.807, 2.05) is 11.3 Å². The highest BCUT2D eigenvalue weighted by molar-refractivity contribution is 7.13. The van der Waals surface area contributed by atoms with E-state index in [1.54, 1.807) is 0 Å². The summed E-state index contributed by atoms with van der Waals surface area (Å²) in [6.45, 7) is 0. The van der Waals surface area contributed by atoms with E-state index >= 15 is 0 Å². The molecule has 2 aliphatic carbocycles. The van der Waals surface area contributed by atoms with Gasteiger partial charge in [0.2, 0.25) is 0 Å². The summed E-state index contributed by atoms with van der Waals surface area (Å²) in [5.41, 5.74) is 0. The van der Waals surface area contributed by atoms with Gasteiger partial charge in [-0.3, -0.25) is 5.32 Å². The number of aromatic nitrogens is 1. The summed E-state index contributed by atoms with van der Waals surface area (Å²) in [5, 5.41) is 7.47. The molecule has 0 atom stereocenters. The van der Waals surface area contributed by atoms with Gasteiger partial charge in [-0.05, 0) is 51.4 Å². The first kappa shape index (κ1) is 15.1. The molecule has 1 N–H and O–H groups in total. The monoisotopic (exact) mass is 300 g/mol. The molecule has 2 nitrogen and oxygen atoms in total. The Morgan fingerprint density at radius 2 is 1.58 bits per heavy atom. The predicted octanol–water partition coefficient (Wildman–Crippen LogP) is 1.29.